The molecule has 9 nitrogen and oxygen atoms in total. The van der Waals surface area contributed by atoms with Crippen molar-refractivity contribution in [3.8, 4) is 29.1 Å². The summed E-state index contributed by atoms with van der Waals surface area (Å²) in [6.07, 6.45) is 2.47. The number of aromatic nitrogens is 2. The van der Waals surface area contributed by atoms with Crippen LogP contribution in [0.5, 0.6) is 11.9 Å². The molecule has 0 radical (unpaired) electrons. The van der Waals surface area contributed by atoms with Gasteiger partial charge >= 0.3 is 6.01 Å². The van der Waals surface area contributed by atoms with Gasteiger partial charge in [0.2, 0.25) is 11.8 Å². The number of alkyl halides is 1. The number of hydrogen-bond donors (Lipinski definition) is 1. The fraction of sp³-hybridized carbons (Fsp3) is 0.394. The first-order valence-electron chi connectivity index (χ1n) is 15.2. The minimum absolute atomic E-state index is 0.0185. The maximum Gasteiger partial charge on any atom is 0.320 e. The Kier molecular flexibility index (Phi) is 7.52. The molecule has 2 aromatic carbocycles. The van der Waals surface area contributed by atoms with Crippen molar-refractivity contribution in [3.63, 3.8) is 0 Å². The molecule has 46 heavy (non-hydrogen) atoms. The van der Waals surface area contributed by atoms with Crippen molar-refractivity contribution < 1.29 is 27.4 Å². The highest BCUT2D eigenvalue weighted by Gasteiger charge is 2.49. The first kappa shape index (κ1) is 30.3. The van der Waals surface area contributed by atoms with Gasteiger partial charge in [-0.2, -0.15) is 15.2 Å². The van der Waals surface area contributed by atoms with Crippen LogP contribution < -0.4 is 15.2 Å². The maximum absolute atomic E-state index is 16.0. The zero-order valence-corrected chi connectivity index (χ0v) is 25.9. The third-order valence-electron chi connectivity index (χ3n) is 9.58. The third-order valence-corrected chi connectivity index (χ3v) is 10.6. The standard InChI is InChI=1S/C33H31F3N6O3S/c1-3-27(43)42-10-7-26(17(42)2)45-31-21-11-24(36)20(19-5-6-23(35)29-28(19)22(14-37)30(38)46-29)12-25(21)39-32(40-31)44-16-33-8-4-9-41(33)15-18(34)13-33/h3,5-6,11-12,17-18,26H,1,4,7-10,13,15-16,38H2,2H3. The van der Waals surface area contributed by atoms with Crippen molar-refractivity contribution >= 4 is 43.2 Å². The molecular weight excluding hydrogens is 617 g/mol. The quantitative estimate of drug-likeness (QED) is 0.252. The Morgan fingerprint density at radius 2 is 2.09 bits per heavy atom. The van der Waals surface area contributed by atoms with Gasteiger partial charge in [-0.1, -0.05) is 12.6 Å². The lowest BCUT2D eigenvalue weighted by Gasteiger charge is -2.30. The van der Waals surface area contributed by atoms with Crippen LogP contribution in [0.3, 0.4) is 0 Å². The summed E-state index contributed by atoms with van der Waals surface area (Å²) in [4.78, 5) is 25.3. The summed E-state index contributed by atoms with van der Waals surface area (Å²) in [5.41, 5.74) is 6.30. The second-order valence-electron chi connectivity index (χ2n) is 12.2. The molecule has 0 spiro atoms. The van der Waals surface area contributed by atoms with E-state index in [1.54, 1.807) is 4.90 Å². The number of likely N-dealkylation sites (tertiary alicyclic amines) is 1. The summed E-state index contributed by atoms with van der Waals surface area (Å²) in [6, 6.07) is 7.06. The van der Waals surface area contributed by atoms with Crippen LogP contribution in [0.2, 0.25) is 0 Å². The number of halogens is 3. The van der Waals surface area contributed by atoms with Crippen LogP contribution in [0.4, 0.5) is 18.2 Å². The van der Waals surface area contributed by atoms with Crippen LogP contribution in [0.25, 0.3) is 32.1 Å². The van der Waals surface area contributed by atoms with Gasteiger partial charge in [-0.25, -0.2) is 13.2 Å². The molecule has 4 atom stereocenters. The summed E-state index contributed by atoms with van der Waals surface area (Å²) in [5, 5.41) is 10.4. The van der Waals surface area contributed by atoms with E-state index >= 15 is 4.39 Å². The van der Waals surface area contributed by atoms with Crippen molar-refractivity contribution in [3.05, 3.63) is 54.1 Å². The number of fused-ring (bicyclic) bond motifs is 3. The molecule has 13 heteroatoms. The summed E-state index contributed by atoms with van der Waals surface area (Å²) in [6.45, 7) is 7.22. The van der Waals surface area contributed by atoms with Crippen LogP contribution in [0.1, 0.15) is 38.2 Å². The Morgan fingerprint density at radius 1 is 1.26 bits per heavy atom. The summed E-state index contributed by atoms with van der Waals surface area (Å²) < 4.78 is 57.9. The molecule has 2 N–H and O–H groups in total. The number of thiophene rings is 1. The monoisotopic (exact) mass is 648 g/mol. The summed E-state index contributed by atoms with van der Waals surface area (Å²) >= 11 is 0.928. The lowest BCUT2D eigenvalue weighted by molar-refractivity contribution is -0.127. The van der Waals surface area contributed by atoms with Gasteiger partial charge in [0.1, 0.15) is 41.6 Å². The fourth-order valence-corrected chi connectivity index (χ4v) is 8.22. The number of rotatable bonds is 7. The largest absolute Gasteiger partial charge is 0.471 e. The van der Waals surface area contributed by atoms with E-state index in [4.69, 9.17) is 15.2 Å². The van der Waals surface area contributed by atoms with E-state index in [1.165, 1.54) is 30.3 Å². The third kappa shape index (κ3) is 4.91. The highest BCUT2D eigenvalue weighted by Crippen LogP contribution is 2.44. The van der Waals surface area contributed by atoms with Gasteiger partial charge in [-0.15, -0.1) is 11.3 Å². The van der Waals surface area contributed by atoms with Crippen LogP contribution in [0.15, 0.2) is 36.9 Å². The van der Waals surface area contributed by atoms with Crippen molar-refractivity contribution in [2.75, 3.05) is 32.0 Å². The summed E-state index contributed by atoms with van der Waals surface area (Å²) in [5.74, 6) is -1.37. The number of hydrogen-bond acceptors (Lipinski definition) is 9. The van der Waals surface area contributed by atoms with Crippen molar-refractivity contribution in [2.24, 2.45) is 0 Å². The number of amides is 1. The highest BCUT2D eigenvalue weighted by atomic mass is 32.1. The Labute approximate surface area is 267 Å². The van der Waals surface area contributed by atoms with Crippen LogP contribution >= 0.6 is 11.3 Å². The van der Waals surface area contributed by atoms with Gasteiger partial charge < -0.3 is 20.1 Å². The van der Waals surface area contributed by atoms with Gasteiger partial charge in [0.25, 0.3) is 0 Å². The molecule has 0 bridgehead atoms. The normalized spacial score (nSPS) is 24.4. The van der Waals surface area contributed by atoms with Crippen molar-refractivity contribution in [1.29, 1.82) is 5.26 Å². The molecular formula is C33H31F3N6O3S. The number of anilines is 1. The van der Waals surface area contributed by atoms with Gasteiger partial charge in [0.15, 0.2) is 0 Å². The number of benzene rings is 2. The number of carbonyl (C=O) groups is 1. The first-order valence-corrected chi connectivity index (χ1v) is 16.0. The second-order valence-corrected chi connectivity index (χ2v) is 13.3. The summed E-state index contributed by atoms with van der Waals surface area (Å²) in [7, 11) is 0. The van der Waals surface area contributed by atoms with E-state index < -0.39 is 29.4 Å². The van der Waals surface area contributed by atoms with Gasteiger partial charge in [-0.05, 0) is 56.1 Å². The number of nitrogens with two attached hydrogens (primary N) is 1. The first-order chi connectivity index (χ1) is 22.1. The Morgan fingerprint density at radius 3 is 2.87 bits per heavy atom. The fourth-order valence-electron chi connectivity index (χ4n) is 7.27. The van der Waals surface area contributed by atoms with E-state index in [1.807, 2.05) is 13.0 Å². The molecule has 3 saturated heterocycles. The number of carbonyl (C=O) groups excluding carboxylic acids is 1. The predicted octanol–water partition coefficient (Wildman–Crippen LogP) is 5.75. The lowest BCUT2D eigenvalue weighted by Crippen LogP contribution is -2.43. The van der Waals surface area contributed by atoms with Gasteiger partial charge in [-0.3, -0.25) is 9.69 Å². The van der Waals surface area contributed by atoms with E-state index in [2.05, 4.69) is 21.4 Å². The maximum atomic E-state index is 16.0. The Bertz CT molecular complexity index is 1950. The van der Waals surface area contributed by atoms with E-state index in [0.717, 1.165) is 30.7 Å². The van der Waals surface area contributed by atoms with Gasteiger partial charge in [0, 0.05) is 36.9 Å². The Hall–Kier alpha value is -4.41. The number of ether oxygens (including phenoxy) is 2. The average molecular weight is 649 g/mol. The van der Waals surface area contributed by atoms with E-state index in [0.29, 0.717) is 25.9 Å². The van der Waals surface area contributed by atoms with Crippen molar-refractivity contribution in [1.82, 2.24) is 19.8 Å². The molecule has 4 unspecified atom stereocenters. The molecule has 0 saturated carbocycles. The van der Waals surface area contributed by atoms with E-state index in [-0.39, 0.29) is 73.1 Å². The molecule has 3 fully saturated rings. The molecule has 0 aliphatic carbocycles. The lowest BCUT2D eigenvalue weighted by atomic mass is 9.95. The Balaban J connectivity index is 1.32. The van der Waals surface area contributed by atoms with E-state index in [9.17, 15) is 18.8 Å². The smallest absolute Gasteiger partial charge is 0.320 e. The average Bonchev–Trinajstić information content (AvgIpc) is 3.77. The highest BCUT2D eigenvalue weighted by molar-refractivity contribution is 7.23. The molecule has 7 rings (SSSR count). The van der Waals surface area contributed by atoms with Crippen molar-refractivity contribution in [2.45, 2.75) is 56.5 Å². The van der Waals surface area contributed by atoms with Crippen LogP contribution in [-0.4, -0.2) is 75.8 Å². The molecule has 2 aromatic heterocycles. The minimum atomic E-state index is -0.937. The molecule has 3 aliphatic rings. The topological polar surface area (TPSA) is 118 Å². The zero-order valence-electron chi connectivity index (χ0n) is 25.1. The minimum Gasteiger partial charge on any atom is -0.471 e. The molecule has 3 aliphatic heterocycles. The molecule has 1 amide bonds. The predicted molar refractivity (Wildman–Crippen MR) is 168 cm³/mol. The molecule has 238 valence electrons. The molecule has 5 heterocycles. The number of nitrogen functional groups attached to an aromatic ring is 1. The zero-order chi connectivity index (χ0) is 32.3. The second kappa shape index (κ2) is 11.4. The molecule has 4 aromatic rings. The SMILES string of the molecule is C=CC(=O)N1CCC(Oc2nc(OCC34CCCN3CC(F)C4)nc3cc(-c4ccc(F)c5sc(N)c(C#N)c45)c(F)cc23)C1C. The van der Waals surface area contributed by atoms with Gasteiger partial charge in [0.05, 0.1) is 32.7 Å². The number of nitrogens with zero attached hydrogens (tertiary/aromatic N) is 5. The van der Waals surface area contributed by atoms with Crippen LogP contribution in [-0.2, 0) is 4.79 Å². The number of nitriles is 1. The van der Waals surface area contributed by atoms with Crippen LogP contribution in [0, 0.1) is 23.0 Å².